The van der Waals surface area contributed by atoms with Gasteiger partial charge < -0.3 is 15.1 Å². The van der Waals surface area contributed by atoms with E-state index in [-0.39, 0.29) is 5.78 Å². The predicted octanol–water partition coefficient (Wildman–Crippen LogP) is 1.91. The molecular formula is C15H18N2O2. The lowest BCUT2D eigenvalue weighted by molar-refractivity contribution is -0.110. The second-order valence-corrected chi connectivity index (χ2v) is 5.36. The quantitative estimate of drug-likeness (QED) is 0.673. The van der Waals surface area contributed by atoms with Crippen LogP contribution >= 0.6 is 0 Å². The molecule has 0 aliphatic heterocycles. The van der Waals surface area contributed by atoms with Gasteiger partial charge in [-0.15, -0.1) is 0 Å². The molecule has 0 radical (unpaired) electrons. The number of carbonyl (C=O) groups excluding carboxylic acids is 2. The molecule has 0 spiro atoms. The van der Waals surface area contributed by atoms with Gasteiger partial charge in [-0.25, -0.2) is 0 Å². The van der Waals surface area contributed by atoms with E-state index in [0.717, 1.165) is 10.9 Å². The number of carbonyl (C=O) groups is 2. The number of ketones is 1. The Kier molecular flexibility index (Phi) is 3.28. The third-order valence-electron chi connectivity index (χ3n) is 3.75. The largest absolute Gasteiger partial charge is 0.341 e. The minimum absolute atomic E-state index is 0.120. The van der Waals surface area contributed by atoms with Crippen molar-refractivity contribution in [3.05, 3.63) is 36.0 Å². The van der Waals surface area contributed by atoms with E-state index >= 15 is 0 Å². The van der Waals surface area contributed by atoms with Crippen LogP contribution in [0.4, 0.5) is 0 Å². The second-order valence-electron chi connectivity index (χ2n) is 5.36. The SMILES string of the molecule is Cn1c(C(=O)C(C)(C)C(N)C=O)cc2ccccc21. The zero-order valence-electron chi connectivity index (χ0n) is 11.4. The molecule has 1 aromatic heterocycles. The summed E-state index contributed by atoms with van der Waals surface area (Å²) in [6.45, 7) is 3.40. The Bertz CT molecular complexity index is 641. The molecule has 4 heteroatoms. The van der Waals surface area contributed by atoms with E-state index < -0.39 is 11.5 Å². The van der Waals surface area contributed by atoms with E-state index in [9.17, 15) is 9.59 Å². The molecule has 0 saturated carbocycles. The summed E-state index contributed by atoms with van der Waals surface area (Å²) in [6.07, 6.45) is 0.626. The van der Waals surface area contributed by atoms with E-state index in [1.54, 1.807) is 13.8 Å². The van der Waals surface area contributed by atoms with Gasteiger partial charge in [0.05, 0.1) is 17.2 Å². The summed E-state index contributed by atoms with van der Waals surface area (Å²) >= 11 is 0. The minimum atomic E-state index is -0.913. The Balaban J connectivity index is 2.53. The maximum Gasteiger partial charge on any atom is 0.186 e. The first-order chi connectivity index (χ1) is 8.89. The van der Waals surface area contributed by atoms with Crippen molar-refractivity contribution in [2.24, 2.45) is 18.2 Å². The number of fused-ring (bicyclic) bond motifs is 1. The first kappa shape index (κ1) is 13.5. The smallest absolute Gasteiger partial charge is 0.186 e. The van der Waals surface area contributed by atoms with E-state index in [1.165, 1.54) is 0 Å². The number of nitrogens with zero attached hydrogens (tertiary/aromatic N) is 1. The van der Waals surface area contributed by atoms with Gasteiger partial charge in [0.2, 0.25) is 0 Å². The van der Waals surface area contributed by atoms with Crippen LogP contribution in [0.1, 0.15) is 24.3 Å². The zero-order valence-corrected chi connectivity index (χ0v) is 11.4. The zero-order chi connectivity index (χ0) is 14.2. The Hall–Kier alpha value is -1.94. The van der Waals surface area contributed by atoms with Gasteiger partial charge in [0.25, 0.3) is 0 Å². The van der Waals surface area contributed by atoms with Crippen molar-refractivity contribution in [2.45, 2.75) is 19.9 Å². The number of hydrogen-bond acceptors (Lipinski definition) is 3. The molecular weight excluding hydrogens is 240 g/mol. The fourth-order valence-corrected chi connectivity index (χ4v) is 2.16. The van der Waals surface area contributed by atoms with Gasteiger partial charge in [-0.1, -0.05) is 32.0 Å². The Morgan fingerprint density at radius 1 is 1.37 bits per heavy atom. The second kappa shape index (κ2) is 4.63. The number of hydrogen-bond donors (Lipinski definition) is 1. The lowest BCUT2D eigenvalue weighted by atomic mass is 9.80. The maximum absolute atomic E-state index is 12.6. The van der Waals surface area contributed by atoms with Crippen LogP contribution < -0.4 is 5.73 Å². The third-order valence-corrected chi connectivity index (χ3v) is 3.75. The number of para-hydroxylation sites is 1. The highest BCUT2D eigenvalue weighted by atomic mass is 16.1. The number of aryl methyl sites for hydroxylation is 1. The molecule has 2 aromatic rings. The minimum Gasteiger partial charge on any atom is -0.341 e. The van der Waals surface area contributed by atoms with Crippen molar-refractivity contribution in [3.63, 3.8) is 0 Å². The van der Waals surface area contributed by atoms with Crippen LogP contribution in [0.2, 0.25) is 0 Å². The lowest BCUT2D eigenvalue weighted by Crippen LogP contribution is -2.44. The van der Waals surface area contributed by atoms with Crippen molar-refractivity contribution >= 4 is 23.0 Å². The van der Waals surface area contributed by atoms with Crippen LogP contribution in [-0.2, 0) is 11.8 Å². The van der Waals surface area contributed by atoms with Crippen molar-refractivity contribution in [3.8, 4) is 0 Å². The number of benzene rings is 1. The highest BCUT2D eigenvalue weighted by Gasteiger charge is 2.36. The van der Waals surface area contributed by atoms with Crippen LogP contribution in [0.15, 0.2) is 30.3 Å². The summed E-state index contributed by atoms with van der Waals surface area (Å²) in [5.74, 6) is -0.120. The van der Waals surface area contributed by atoms with Crippen molar-refractivity contribution < 1.29 is 9.59 Å². The normalized spacial score (nSPS) is 13.5. The molecule has 0 fully saturated rings. The predicted molar refractivity (Wildman–Crippen MR) is 75.1 cm³/mol. The Labute approximate surface area is 112 Å². The summed E-state index contributed by atoms with van der Waals surface area (Å²) in [7, 11) is 1.85. The van der Waals surface area contributed by atoms with Gasteiger partial charge >= 0.3 is 0 Å². The summed E-state index contributed by atoms with van der Waals surface area (Å²) in [6, 6.07) is 8.81. The van der Waals surface area contributed by atoms with Gasteiger partial charge in [0.15, 0.2) is 5.78 Å². The molecule has 0 bridgehead atoms. The molecule has 2 N–H and O–H groups in total. The monoisotopic (exact) mass is 258 g/mol. The lowest BCUT2D eigenvalue weighted by Gasteiger charge is -2.26. The summed E-state index contributed by atoms with van der Waals surface area (Å²) in [5, 5.41) is 1.00. The van der Waals surface area contributed by atoms with Crippen LogP contribution in [0.5, 0.6) is 0 Å². The van der Waals surface area contributed by atoms with Crippen LogP contribution in [0.3, 0.4) is 0 Å². The standard InChI is InChI=1S/C15H18N2O2/c1-15(2,13(16)9-18)14(19)12-8-10-6-4-5-7-11(10)17(12)3/h4-9,13H,16H2,1-3H3. The topological polar surface area (TPSA) is 65.1 Å². The van der Waals surface area contributed by atoms with Crippen LogP contribution in [0, 0.1) is 5.41 Å². The first-order valence-corrected chi connectivity index (χ1v) is 6.19. The molecule has 4 nitrogen and oxygen atoms in total. The van der Waals surface area contributed by atoms with E-state index in [0.29, 0.717) is 12.0 Å². The first-order valence-electron chi connectivity index (χ1n) is 6.19. The molecule has 100 valence electrons. The summed E-state index contributed by atoms with van der Waals surface area (Å²) in [5.41, 5.74) is 6.38. The number of rotatable bonds is 4. The molecule has 1 heterocycles. The van der Waals surface area contributed by atoms with E-state index in [4.69, 9.17) is 5.73 Å². The molecule has 0 aliphatic rings. The molecule has 1 aromatic carbocycles. The summed E-state index contributed by atoms with van der Waals surface area (Å²) < 4.78 is 1.84. The van der Waals surface area contributed by atoms with Gasteiger partial charge in [-0.05, 0) is 12.1 Å². The fourth-order valence-electron chi connectivity index (χ4n) is 2.16. The van der Waals surface area contributed by atoms with E-state index in [1.807, 2.05) is 41.9 Å². The van der Waals surface area contributed by atoms with Crippen molar-refractivity contribution in [1.82, 2.24) is 4.57 Å². The molecule has 0 saturated heterocycles. The molecule has 2 rings (SSSR count). The average Bonchev–Trinajstić information content (AvgIpc) is 2.74. The number of aromatic nitrogens is 1. The molecule has 1 atom stereocenters. The number of aldehydes is 1. The molecule has 19 heavy (non-hydrogen) atoms. The van der Waals surface area contributed by atoms with Crippen LogP contribution in [-0.4, -0.2) is 22.7 Å². The van der Waals surface area contributed by atoms with Gasteiger partial charge in [0.1, 0.15) is 6.29 Å². The third kappa shape index (κ3) is 2.08. The number of nitrogens with two attached hydrogens (primary N) is 1. The van der Waals surface area contributed by atoms with E-state index in [2.05, 4.69) is 0 Å². The molecule has 1 unspecified atom stereocenters. The van der Waals surface area contributed by atoms with Gasteiger partial charge in [-0.3, -0.25) is 4.79 Å². The highest BCUT2D eigenvalue weighted by Crippen LogP contribution is 2.27. The van der Waals surface area contributed by atoms with Crippen molar-refractivity contribution in [1.29, 1.82) is 0 Å². The van der Waals surface area contributed by atoms with Gasteiger partial charge in [-0.2, -0.15) is 0 Å². The average molecular weight is 258 g/mol. The maximum atomic E-state index is 12.6. The summed E-state index contributed by atoms with van der Waals surface area (Å²) in [4.78, 5) is 23.5. The molecule has 0 amide bonds. The fraction of sp³-hybridized carbons (Fsp3) is 0.333. The Morgan fingerprint density at radius 3 is 2.58 bits per heavy atom. The Morgan fingerprint density at radius 2 is 2.00 bits per heavy atom. The van der Waals surface area contributed by atoms with Crippen molar-refractivity contribution in [2.75, 3.05) is 0 Å². The van der Waals surface area contributed by atoms with Crippen LogP contribution in [0.25, 0.3) is 10.9 Å². The highest BCUT2D eigenvalue weighted by molar-refractivity contribution is 6.04. The number of Topliss-reactive ketones (excluding diaryl/α,β-unsaturated/α-hetero) is 1. The molecule has 0 aliphatic carbocycles. The van der Waals surface area contributed by atoms with Gasteiger partial charge in [0, 0.05) is 18.0 Å².